The van der Waals surface area contributed by atoms with Gasteiger partial charge in [-0.2, -0.15) is 4.98 Å². The predicted molar refractivity (Wildman–Crippen MR) is 72.3 cm³/mol. The molecule has 1 aromatic heterocycles. The molecule has 5 nitrogen and oxygen atoms in total. The Hall–Kier alpha value is -1.07. The van der Waals surface area contributed by atoms with Gasteiger partial charge in [-0.25, -0.2) is 4.98 Å². The highest BCUT2D eigenvalue weighted by molar-refractivity contribution is 6.32. The van der Waals surface area contributed by atoms with Crippen molar-refractivity contribution < 1.29 is 4.74 Å². The molecule has 0 bridgehead atoms. The largest absolute Gasteiger partial charge is 0.467 e. The molecule has 1 atom stereocenters. The summed E-state index contributed by atoms with van der Waals surface area (Å²) < 4.78 is 5.06. The van der Waals surface area contributed by atoms with Gasteiger partial charge in [0, 0.05) is 12.6 Å². The van der Waals surface area contributed by atoms with Gasteiger partial charge in [0.15, 0.2) is 5.82 Å². The zero-order valence-corrected chi connectivity index (χ0v) is 11.4. The first-order valence-electron chi connectivity index (χ1n) is 6.29. The van der Waals surface area contributed by atoms with Crippen LogP contribution in [-0.4, -0.2) is 36.2 Å². The van der Waals surface area contributed by atoms with Crippen LogP contribution in [0.15, 0.2) is 6.20 Å². The highest BCUT2D eigenvalue weighted by Crippen LogP contribution is 2.31. The van der Waals surface area contributed by atoms with E-state index in [9.17, 15) is 0 Å². The maximum Gasteiger partial charge on any atom is 0.318 e. The van der Waals surface area contributed by atoms with Crippen LogP contribution in [0.4, 0.5) is 5.82 Å². The van der Waals surface area contributed by atoms with Crippen molar-refractivity contribution >= 4 is 17.4 Å². The normalized spacial score (nSPS) is 19.9. The lowest BCUT2D eigenvalue weighted by atomic mass is 9.99. The number of piperidine rings is 1. The first-order valence-corrected chi connectivity index (χ1v) is 6.67. The zero-order valence-electron chi connectivity index (χ0n) is 10.6. The molecule has 18 heavy (non-hydrogen) atoms. The molecule has 1 aliphatic heterocycles. The van der Waals surface area contributed by atoms with E-state index in [-0.39, 0.29) is 0 Å². The molecule has 0 saturated carbocycles. The van der Waals surface area contributed by atoms with Crippen LogP contribution >= 0.6 is 11.6 Å². The summed E-state index contributed by atoms with van der Waals surface area (Å²) in [5.41, 5.74) is 5.68. The number of hydrogen-bond donors (Lipinski definition) is 1. The summed E-state index contributed by atoms with van der Waals surface area (Å²) in [6, 6.07) is 0.771. The third-order valence-corrected chi connectivity index (χ3v) is 3.55. The summed E-state index contributed by atoms with van der Waals surface area (Å²) in [5.74, 6) is 0.765. The minimum absolute atomic E-state index is 0.353. The SMILES string of the molecule is COc1ncc(Cl)c(N2CCCCC2CCN)n1. The molecular weight excluding hydrogens is 252 g/mol. The fourth-order valence-electron chi connectivity index (χ4n) is 2.41. The van der Waals surface area contributed by atoms with Crippen molar-refractivity contribution in [2.24, 2.45) is 5.73 Å². The van der Waals surface area contributed by atoms with Crippen LogP contribution in [0.5, 0.6) is 6.01 Å². The Morgan fingerprint density at radius 1 is 1.56 bits per heavy atom. The lowest BCUT2D eigenvalue weighted by molar-refractivity contribution is 0.376. The van der Waals surface area contributed by atoms with Crippen molar-refractivity contribution in [1.29, 1.82) is 0 Å². The maximum atomic E-state index is 6.20. The third kappa shape index (κ3) is 2.84. The van der Waals surface area contributed by atoms with Gasteiger partial charge in [-0.15, -0.1) is 0 Å². The average Bonchev–Trinajstić information content (AvgIpc) is 2.41. The fraction of sp³-hybridized carbons (Fsp3) is 0.667. The molecule has 1 aliphatic rings. The Morgan fingerprint density at radius 2 is 2.39 bits per heavy atom. The highest BCUT2D eigenvalue weighted by atomic mass is 35.5. The van der Waals surface area contributed by atoms with E-state index >= 15 is 0 Å². The average molecular weight is 271 g/mol. The van der Waals surface area contributed by atoms with Crippen LogP contribution in [0.25, 0.3) is 0 Å². The van der Waals surface area contributed by atoms with Crippen molar-refractivity contribution in [3.8, 4) is 6.01 Å². The van der Waals surface area contributed by atoms with Crippen molar-refractivity contribution in [3.63, 3.8) is 0 Å². The standard InChI is InChI=1S/C12H19ClN4O/c1-18-12-15-8-10(13)11(16-12)17-7-3-2-4-9(17)5-6-14/h8-9H,2-7,14H2,1H3. The van der Waals surface area contributed by atoms with Gasteiger partial charge in [0.1, 0.15) is 5.02 Å². The van der Waals surface area contributed by atoms with Crippen LogP contribution < -0.4 is 15.4 Å². The molecule has 100 valence electrons. The molecule has 0 radical (unpaired) electrons. The van der Waals surface area contributed by atoms with Crippen LogP contribution in [-0.2, 0) is 0 Å². The molecule has 2 heterocycles. The van der Waals surface area contributed by atoms with Crippen LogP contribution in [0.2, 0.25) is 5.02 Å². The summed E-state index contributed by atoms with van der Waals surface area (Å²) in [7, 11) is 1.56. The number of rotatable bonds is 4. The number of aromatic nitrogens is 2. The highest BCUT2D eigenvalue weighted by Gasteiger charge is 2.25. The number of ether oxygens (including phenoxy) is 1. The smallest absolute Gasteiger partial charge is 0.318 e. The second-order valence-corrected chi connectivity index (χ2v) is 4.86. The molecule has 1 saturated heterocycles. The monoisotopic (exact) mass is 270 g/mol. The molecule has 1 unspecified atom stereocenters. The Kier molecular flexibility index (Phi) is 4.60. The van der Waals surface area contributed by atoms with Gasteiger partial charge in [-0.1, -0.05) is 11.6 Å². The van der Waals surface area contributed by atoms with Gasteiger partial charge in [0.2, 0.25) is 0 Å². The summed E-state index contributed by atoms with van der Waals surface area (Å²) in [6.45, 7) is 1.64. The maximum absolute atomic E-state index is 6.20. The quantitative estimate of drug-likeness (QED) is 0.905. The second-order valence-electron chi connectivity index (χ2n) is 4.45. The summed E-state index contributed by atoms with van der Waals surface area (Å²) in [6.07, 6.45) is 6.09. The summed E-state index contributed by atoms with van der Waals surface area (Å²) in [4.78, 5) is 10.6. The van der Waals surface area contributed by atoms with E-state index in [2.05, 4.69) is 14.9 Å². The molecular formula is C12H19ClN4O. The number of halogens is 1. The molecule has 2 rings (SSSR count). The minimum Gasteiger partial charge on any atom is -0.467 e. The summed E-state index contributed by atoms with van der Waals surface area (Å²) >= 11 is 6.20. The molecule has 1 aromatic rings. The van der Waals surface area contributed by atoms with Crippen molar-refractivity contribution in [1.82, 2.24) is 9.97 Å². The van der Waals surface area contributed by atoms with Crippen LogP contribution in [0.3, 0.4) is 0 Å². The molecule has 2 N–H and O–H groups in total. The molecule has 1 fully saturated rings. The molecule has 6 heteroatoms. The van der Waals surface area contributed by atoms with Gasteiger partial charge in [-0.3, -0.25) is 0 Å². The lowest BCUT2D eigenvalue weighted by Gasteiger charge is -2.37. The topological polar surface area (TPSA) is 64.3 Å². The Balaban J connectivity index is 2.26. The van der Waals surface area contributed by atoms with E-state index in [0.717, 1.165) is 31.6 Å². The third-order valence-electron chi connectivity index (χ3n) is 3.29. The lowest BCUT2D eigenvalue weighted by Crippen LogP contribution is -2.41. The second kappa shape index (κ2) is 6.20. The van der Waals surface area contributed by atoms with E-state index in [1.165, 1.54) is 6.42 Å². The number of nitrogens with two attached hydrogens (primary N) is 1. The molecule has 0 amide bonds. The van der Waals surface area contributed by atoms with Gasteiger partial charge >= 0.3 is 6.01 Å². The number of hydrogen-bond acceptors (Lipinski definition) is 5. The van der Waals surface area contributed by atoms with E-state index < -0.39 is 0 Å². The number of methoxy groups -OCH3 is 1. The van der Waals surface area contributed by atoms with Crippen LogP contribution in [0, 0.1) is 0 Å². The van der Waals surface area contributed by atoms with E-state index in [1.54, 1.807) is 13.3 Å². The Labute approximate surface area is 112 Å². The number of nitrogens with zero attached hydrogens (tertiary/aromatic N) is 3. The molecule has 0 aromatic carbocycles. The van der Waals surface area contributed by atoms with Gasteiger partial charge in [0.05, 0.1) is 13.3 Å². The number of anilines is 1. The Morgan fingerprint density at radius 3 is 3.11 bits per heavy atom. The zero-order chi connectivity index (χ0) is 13.0. The van der Waals surface area contributed by atoms with Crippen LogP contribution in [0.1, 0.15) is 25.7 Å². The summed E-state index contributed by atoms with van der Waals surface area (Å²) in [5, 5.41) is 0.569. The minimum atomic E-state index is 0.353. The van der Waals surface area contributed by atoms with E-state index in [4.69, 9.17) is 22.1 Å². The Bertz CT molecular complexity index is 400. The van der Waals surface area contributed by atoms with Crippen molar-refractivity contribution in [2.75, 3.05) is 25.1 Å². The molecule has 0 aliphatic carbocycles. The van der Waals surface area contributed by atoms with Gasteiger partial charge in [-0.05, 0) is 32.2 Å². The van der Waals surface area contributed by atoms with Crippen molar-refractivity contribution in [3.05, 3.63) is 11.2 Å². The predicted octanol–water partition coefficient (Wildman–Crippen LogP) is 1.85. The van der Waals surface area contributed by atoms with E-state index in [0.29, 0.717) is 23.6 Å². The van der Waals surface area contributed by atoms with Gasteiger partial charge < -0.3 is 15.4 Å². The molecule has 0 spiro atoms. The van der Waals surface area contributed by atoms with Gasteiger partial charge in [0.25, 0.3) is 0 Å². The first kappa shape index (κ1) is 13.4. The van der Waals surface area contributed by atoms with E-state index in [1.807, 2.05) is 0 Å². The fourth-order valence-corrected chi connectivity index (χ4v) is 2.61. The van der Waals surface area contributed by atoms with Crippen molar-refractivity contribution in [2.45, 2.75) is 31.7 Å². The first-order chi connectivity index (χ1) is 8.76.